The number of rotatable bonds is 7. The van der Waals surface area contributed by atoms with Crippen molar-refractivity contribution in [3.05, 3.63) is 54.6 Å². The number of ether oxygens (including phenoxy) is 2. The van der Waals surface area contributed by atoms with Crippen molar-refractivity contribution < 1.29 is 14.6 Å². The summed E-state index contributed by atoms with van der Waals surface area (Å²) in [6.07, 6.45) is 1.76. The van der Waals surface area contributed by atoms with Gasteiger partial charge in [-0.15, -0.1) is 0 Å². The average molecular weight is 338 g/mol. The van der Waals surface area contributed by atoms with Gasteiger partial charge in [-0.05, 0) is 62.2 Å². The number of aromatic nitrogens is 1. The number of phenolic OH excluding ortho intramolecular Hbond substituents is 1. The highest BCUT2D eigenvalue weighted by Gasteiger charge is 2.09. The lowest BCUT2D eigenvalue weighted by Crippen LogP contribution is -2.13. The number of hydrogen-bond donors (Lipinski definition) is 2. The second-order valence-corrected chi connectivity index (χ2v) is 5.98. The normalized spacial score (nSPS) is 12.0. The topological polar surface area (TPSA) is 77.6 Å². The molecule has 2 aromatic carbocycles. The molecule has 3 N–H and O–H groups in total. The van der Waals surface area contributed by atoms with Gasteiger partial charge >= 0.3 is 0 Å². The molecule has 25 heavy (non-hydrogen) atoms. The number of benzene rings is 2. The van der Waals surface area contributed by atoms with Gasteiger partial charge in [-0.1, -0.05) is 12.1 Å². The van der Waals surface area contributed by atoms with Gasteiger partial charge in [-0.25, -0.2) is 4.98 Å². The van der Waals surface area contributed by atoms with Gasteiger partial charge in [0, 0.05) is 5.39 Å². The van der Waals surface area contributed by atoms with Gasteiger partial charge in [0.25, 0.3) is 0 Å². The van der Waals surface area contributed by atoms with Gasteiger partial charge in [0.05, 0.1) is 12.7 Å². The Bertz CT molecular complexity index is 834. The molecule has 5 nitrogen and oxygen atoms in total. The van der Waals surface area contributed by atoms with Gasteiger partial charge in [0.2, 0.25) is 0 Å². The molecule has 0 saturated carbocycles. The Balaban J connectivity index is 1.52. The predicted octanol–water partition coefficient (Wildman–Crippen LogP) is 4.15. The number of phenols is 1. The third kappa shape index (κ3) is 4.53. The van der Waals surface area contributed by atoms with Crippen molar-refractivity contribution in [2.45, 2.75) is 25.9 Å². The molecule has 3 aromatic rings. The van der Waals surface area contributed by atoms with Gasteiger partial charge in [-0.2, -0.15) is 0 Å². The minimum Gasteiger partial charge on any atom is -0.508 e. The van der Waals surface area contributed by atoms with E-state index < -0.39 is 0 Å². The number of nitrogens with two attached hydrogens (primary N) is 1. The van der Waals surface area contributed by atoms with Crippen molar-refractivity contribution in [1.82, 2.24) is 4.98 Å². The Morgan fingerprint density at radius 1 is 1.08 bits per heavy atom. The molecule has 1 unspecified atom stereocenters. The first-order chi connectivity index (χ1) is 12.1. The third-order valence-corrected chi connectivity index (χ3v) is 3.89. The maximum absolute atomic E-state index is 9.25. The van der Waals surface area contributed by atoms with Gasteiger partial charge in [-0.3, -0.25) is 0 Å². The van der Waals surface area contributed by atoms with E-state index in [1.165, 1.54) is 0 Å². The van der Waals surface area contributed by atoms with Crippen LogP contribution in [0.1, 0.15) is 19.8 Å². The molecule has 0 bridgehead atoms. The largest absolute Gasteiger partial charge is 0.508 e. The lowest BCUT2D eigenvalue weighted by molar-refractivity contribution is 0.195. The zero-order valence-electron chi connectivity index (χ0n) is 14.2. The number of anilines is 1. The van der Waals surface area contributed by atoms with Crippen molar-refractivity contribution in [3.63, 3.8) is 0 Å². The monoisotopic (exact) mass is 338 g/mol. The van der Waals surface area contributed by atoms with E-state index in [2.05, 4.69) is 4.98 Å². The number of fused-ring (bicyclic) bond motifs is 1. The van der Waals surface area contributed by atoms with E-state index in [1.807, 2.05) is 31.2 Å². The minimum atomic E-state index is 0.0391. The molecular formula is C20H22N2O3. The van der Waals surface area contributed by atoms with Crippen LogP contribution in [0.4, 0.5) is 5.82 Å². The minimum absolute atomic E-state index is 0.0391. The molecule has 0 amide bonds. The molecular weight excluding hydrogens is 316 g/mol. The third-order valence-electron chi connectivity index (χ3n) is 3.89. The van der Waals surface area contributed by atoms with Crippen molar-refractivity contribution in [2.75, 3.05) is 12.3 Å². The summed E-state index contributed by atoms with van der Waals surface area (Å²) in [7, 11) is 0. The molecule has 0 aliphatic heterocycles. The van der Waals surface area contributed by atoms with E-state index in [9.17, 15) is 5.11 Å². The fourth-order valence-electron chi connectivity index (χ4n) is 2.61. The predicted molar refractivity (Wildman–Crippen MR) is 99.1 cm³/mol. The van der Waals surface area contributed by atoms with Crippen molar-refractivity contribution >= 4 is 16.7 Å². The summed E-state index contributed by atoms with van der Waals surface area (Å²) in [5.74, 6) is 2.22. The van der Waals surface area contributed by atoms with Crippen LogP contribution in [0.3, 0.4) is 0 Å². The number of nitrogens with zero attached hydrogens (tertiary/aromatic N) is 1. The lowest BCUT2D eigenvalue weighted by Gasteiger charge is -2.16. The molecule has 0 spiro atoms. The highest BCUT2D eigenvalue weighted by molar-refractivity contribution is 5.85. The number of para-hydroxylation sites is 1. The summed E-state index contributed by atoms with van der Waals surface area (Å²) in [4.78, 5) is 4.38. The summed E-state index contributed by atoms with van der Waals surface area (Å²) in [5, 5.41) is 10.3. The van der Waals surface area contributed by atoms with E-state index in [-0.39, 0.29) is 11.9 Å². The maximum atomic E-state index is 9.25. The fraction of sp³-hybridized carbons (Fsp3) is 0.250. The van der Waals surface area contributed by atoms with Gasteiger partial charge in [0.15, 0.2) is 0 Å². The highest BCUT2D eigenvalue weighted by Crippen LogP contribution is 2.26. The molecule has 0 aliphatic carbocycles. The van der Waals surface area contributed by atoms with E-state index in [0.29, 0.717) is 12.4 Å². The van der Waals surface area contributed by atoms with Crippen LogP contribution < -0.4 is 15.2 Å². The number of aromatic hydroxyl groups is 1. The standard InChI is InChI=1S/C20H22N2O3/c1-14(4-3-13-24-17-10-8-16(23)9-11-17)25-18-6-2-5-15-7-12-19(21)22-20(15)18/h2,5-12,14,23H,3-4,13H2,1H3,(H2,21,22). The zero-order valence-corrected chi connectivity index (χ0v) is 14.2. The Hall–Kier alpha value is -2.95. The van der Waals surface area contributed by atoms with Crippen LogP contribution in [-0.2, 0) is 0 Å². The van der Waals surface area contributed by atoms with Crippen LogP contribution >= 0.6 is 0 Å². The van der Waals surface area contributed by atoms with Crippen molar-refractivity contribution in [2.24, 2.45) is 0 Å². The van der Waals surface area contributed by atoms with Crippen LogP contribution in [-0.4, -0.2) is 22.8 Å². The Morgan fingerprint density at radius 3 is 2.68 bits per heavy atom. The molecule has 1 heterocycles. The summed E-state index contributed by atoms with van der Waals surface area (Å²) in [5.41, 5.74) is 6.57. The van der Waals surface area contributed by atoms with Crippen molar-refractivity contribution in [3.8, 4) is 17.2 Å². The Kier molecular flexibility index (Phi) is 5.23. The molecule has 5 heteroatoms. The molecule has 0 fully saturated rings. The summed E-state index contributed by atoms with van der Waals surface area (Å²) < 4.78 is 11.7. The van der Waals surface area contributed by atoms with E-state index >= 15 is 0 Å². The molecule has 0 radical (unpaired) electrons. The first-order valence-electron chi connectivity index (χ1n) is 8.35. The smallest absolute Gasteiger partial charge is 0.146 e. The first kappa shape index (κ1) is 16.9. The van der Waals surface area contributed by atoms with Gasteiger partial charge < -0.3 is 20.3 Å². The average Bonchev–Trinajstić information content (AvgIpc) is 2.61. The van der Waals surface area contributed by atoms with Crippen LogP contribution in [0.25, 0.3) is 10.9 Å². The second kappa shape index (κ2) is 7.75. The summed E-state index contributed by atoms with van der Waals surface area (Å²) in [6.45, 7) is 2.63. The van der Waals surface area contributed by atoms with E-state index in [0.717, 1.165) is 35.2 Å². The summed E-state index contributed by atoms with van der Waals surface area (Å²) in [6, 6.07) is 16.3. The first-order valence-corrected chi connectivity index (χ1v) is 8.35. The van der Waals surface area contributed by atoms with Crippen LogP contribution in [0.5, 0.6) is 17.2 Å². The SMILES string of the molecule is CC(CCCOc1ccc(O)cc1)Oc1cccc2ccc(N)nc12. The fourth-order valence-corrected chi connectivity index (χ4v) is 2.61. The molecule has 130 valence electrons. The highest BCUT2D eigenvalue weighted by atomic mass is 16.5. The number of hydrogen-bond acceptors (Lipinski definition) is 5. The second-order valence-electron chi connectivity index (χ2n) is 5.98. The van der Waals surface area contributed by atoms with E-state index in [4.69, 9.17) is 15.2 Å². The van der Waals surface area contributed by atoms with Crippen LogP contribution in [0, 0.1) is 0 Å². The molecule has 0 aliphatic rings. The van der Waals surface area contributed by atoms with Crippen molar-refractivity contribution in [1.29, 1.82) is 0 Å². The van der Waals surface area contributed by atoms with Crippen LogP contribution in [0.2, 0.25) is 0 Å². The zero-order chi connectivity index (χ0) is 17.6. The molecule has 3 rings (SSSR count). The summed E-state index contributed by atoms with van der Waals surface area (Å²) >= 11 is 0. The van der Waals surface area contributed by atoms with E-state index in [1.54, 1.807) is 30.3 Å². The molecule has 0 saturated heterocycles. The number of nitrogen functional groups attached to an aromatic ring is 1. The Morgan fingerprint density at radius 2 is 1.88 bits per heavy atom. The number of pyridine rings is 1. The Labute approximate surface area is 147 Å². The molecule has 1 aromatic heterocycles. The maximum Gasteiger partial charge on any atom is 0.146 e. The van der Waals surface area contributed by atoms with Gasteiger partial charge in [0.1, 0.15) is 28.6 Å². The quantitative estimate of drug-likeness (QED) is 0.633. The lowest BCUT2D eigenvalue weighted by atomic mass is 10.2. The molecule has 1 atom stereocenters. The van der Waals surface area contributed by atoms with Crippen LogP contribution in [0.15, 0.2) is 54.6 Å².